The number of hydrogen-bond acceptors (Lipinski definition) is 7. The molecule has 0 aliphatic rings. The Kier molecular flexibility index (Phi) is 2.98. The maximum absolute atomic E-state index is 5.82. The molecule has 0 amide bonds. The second-order valence-corrected chi connectivity index (χ2v) is 4.72. The first-order valence-corrected chi connectivity index (χ1v) is 6.47. The topological polar surface area (TPSA) is 86.0 Å². The van der Waals surface area contributed by atoms with E-state index < -0.39 is 0 Å². The first-order valence-electron chi connectivity index (χ1n) is 5.59. The van der Waals surface area contributed by atoms with Gasteiger partial charge in [0.2, 0.25) is 11.8 Å². The zero-order valence-electron chi connectivity index (χ0n) is 10.1. The molecular formula is C12H11N5OS. The van der Waals surface area contributed by atoms with Gasteiger partial charge in [-0.3, -0.25) is 10.4 Å². The van der Waals surface area contributed by atoms with Crippen LogP contribution in [0.4, 0.5) is 5.95 Å². The van der Waals surface area contributed by atoms with Gasteiger partial charge in [0, 0.05) is 6.20 Å². The third-order valence-corrected chi connectivity index (χ3v) is 3.39. The first kappa shape index (κ1) is 11.8. The molecule has 0 radical (unpaired) electrons. The van der Waals surface area contributed by atoms with Gasteiger partial charge in [0.05, 0.1) is 11.1 Å². The van der Waals surface area contributed by atoms with E-state index in [9.17, 15) is 0 Å². The van der Waals surface area contributed by atoms with E-state index in [1.165, 1.54) is 11.3 Å². The smallest absolute Gasteiger partial charge is 0.241 e. The number of aromatic nitrogens is 3. The van der Waals surface area contributed by atoms with Crippen LogP contribution in [0.25, 0.3) is 10.2 Å². The number of rotatable bonds is 3. The number of thiophene rings is 1. The molecule has 0 aliphatic carbocycles. The summed E-state index contributed by atoms with van der Waals surface area (Å²) < 4.78 is 5.82. The molecule has 0 spiro atoms. The monoisotopic (exact) mass is 273 g/mol. The lowest BCUT2D eigenvalue weighted by Gasteiger charge is -2.08. The highest BCUT2D eigenvalue weighted by molar-refractivity contribution is 7.16. The number of pyridine rings is 1. The fourth-order valence-corrected chi connectivity index (χ4v) is 2.41. The first-order chi connectivity index (χ1) is 9.28. The lowest BCUT2D eigenvalue weighted by Crippen LogP contribution is -2.10. The average Bonchev–Trinajstić information content (AvgIpc) is 2.89. The van der Waals surface area contributed by atoms with Crippen LogP contribution in [-0.2, 0) is 0 Å². The summed E-state index contributed by atoms with van der Waals surface area (Å²) in [6, 6.07) is 5.58. The minimum absolute atomic E-state index is 0.325. The van der Waals surface area contributed by atoms with Crippen LogP contribution in [0.5, 0.6) is 11.6 Å². The van der Waals surface area contributed by atoms with Gasteiger partial charge in [-0.15, -0.1) is 11.3 Å². The van der Waals surface area contributed by atoms with E-state index in [1.807, 2.05) is 30.5 Å². The number of nitrogens with zero attached hydrogens (tertiary/aromatic N) is 3. The minimum atomic E-state index is 0.325. The predicted molar refractivity (Wildman–Crippen MR) is 74.3 cm³/mol. The molecule has 7 heteroatoms. The maximum Gasteiger partial charge on any atom is 0.241 e. The molecular weight excluding hydrogens is 262 g/mol. The zero-order chi connectivity index (χ0) is 13.2. The average molecular weight is 273 g/mol. The SMILES string of the molecule is Cc1ncccc1Oc1nc(NN)nc2sccc12. The van der Waals surface area contributed by atoms with Crippen molar-refractivity contribution in [3.8, 4) is 11.6 Å². The van der Waals surface area contributed by atoms with Gasteiger partial charge < -0.3 is 4.74 Å². The van der Waals surface area contributed by atoms with Crippen LogP contribution in [0.3, 0.4) is 0 Å². The normalized spacial score (nSPS) is 10.6. The van der Waals surface area contributed by atoms with Crippen molar-refractivity contribution in [1.82, 2.24) is 15.0 Å². The van der Waals surface area contributed by atoms with Gasteiger partial charge in [0.15, 0.2) is 5.75 Å². The Morgan fingerprint density at radius 3 is 3.00 bits per heavy atom. The molecule has 3 aromatic heterocycles. The number of hydrogen-bond donors (Lipinski definition) is 2. The van der Waals surface area contributed by atoms with Crippen LogP contribution in [-0.4, -0.2) is 15.0 Å². The number of anilines is 1. The lowest BCUT2D eigenvalue weighted by molar-refractivity contribution is 0.462. The molecule has 19 heavy (non-hydrogen) atoms. The lowest BCUT2D eigenvalue weighted by atomic mass is 10.3. The molecule has 0 unspecified atom stereocenters. The summed E-state index contributed by atoms with van der Waals surface area (Å²) in [5.41, 5.74) is 3.24. The summed E-state index contributed by atoms with van der Waals surface area (Å²) in [5.74, 6) is 6.82. The summed E-state index contributed by atoms with van der Waals surface area (Å²) in [6.45, 7) is 1.88. The number of ether oxygens (including phenoxy) is 1. The third-order valence-electron chi connectivity index (χ3n) is 2.58. The Bertz CT molecular complexity index is 727. The number of nitrogen functional groups attached to an aromatic ring is 1. The van der Waals surface area contributed by atoms with Gasteiger partial charge in [-0.2, -0.15) is 4.98 Å². The second-order valence-electron chi connectivity index (χ2n) is 3.83. The molecule has 0 aromatic carbocycles. The molecule has 0 atom stereocenters. The van der Waals surface area contributed by atoms with Gasteiger partial charge in [-0.05, 0) is 30.5 Å². The number of hydrazine groups is 1. The van der Waals surface area contributed by atoms with E-state index in [2.05, 4.69) is 20.4 Å². The number of aryl methyl sites for hydroxylation is 1. The molecule has 0 fully saturated rings. The molecule has 3 aromatic rings. The molecule has 3 heterocycles. The van der Waals surface area contributed by atoms with Crippen LogP contribution in [0.2, 0.25) is 0 Å². The van der Waals surface area contributed by atoms with Crippen molar-refractivity contribution < 1.29 is 4.74 Å². The van der Waals surface area contributed by atoms with Gasteiger partial charge in [0.1, 0.15) is 4.83 Å². The van der Waals surface area contributed by atoms with Crippen molar-refractivity contribution in [2.75, 3.05) is 5.43 Å². The van der Waals surface area contributed by atoms with Crippen molar-refractivity contribution in [2.24, 2.45) is 5.84 Å². The van der Waals surface area contributed by atoms with Crippen molar-refractivity contribution >= 4 is 27.5 Å². The van der Waals surface area contributed by atoms with Crippen LogP contribution in [0.15, 0.2) is 29.8 Å². The highest BCUT2D eigenvalue weighted by Gasteiger charge is 2.11. The molecule has 0 bridgehead atoms. The number of fused-ring (bicyclic) bond motifs is 1. The molecule has 6 nitrogen and oxygen atoms in total. The van der Waals surface area contributed by atoms with E-state index in [1.54, 1.807) is 6.20 Å². The molecule has 0 aliphatic heterocycles. The van der Waals surface area contributed by atoms with Crippen molar-refractivity contribution in [2.45, 2.75) is 6.92 Å². The highest BCUT2D eigenvalue weighted by atomic mass is 32.1. The van der Waals surface area contributed by atoms with E-state index in [0.717, 1.165) is 15.9 Å². The van der Waals surface area contributed by atoms with E-state index in [0.29, 0.717) is 17.6 Å². The zero-order valence-corrected chi connectivity index (χ0v) is 10.9. The number of nitrogens with two attached hydrogens (primary N) is 1. The third kappa shape index (κ3) is 2.20. The molecule has 0 saturated heterocycles. The van der Waals surface area contributed by atoms with Crippen LogP contribution in [0, 0.1) is 6.92 Å². The molecule has 96 valence electrons. The fourth-order valence-electron chi connectivity index (χ4n) is 1.65. The summed E-state index contributed by atoms with van der Waals surface area (Å²) in [6.07, 6.45) is 1.72. The largest absolute Gasteiger partial charge is 0.436 e. The quantitative estimate of drug-likeness (QED) is 0.563. The maximum atomic E-state index is 5.82. The Balaban J connectivity index is 2.09. The summed E-state index contributed by atoms with van der Waals surface area (Å²) in [4.78, 5) is 13.5. The predicted octanol–water partition coefficient (Wildman–Crippen LogP) is 2.47. The standard InChI is InChI=1S/C12H11N5OS/c1-7-9(3-2-5-14-7)18-10-8-4-6-19-11(8)16-12(15-10)17-13/h2-6H,13H2,1H3,(H,15,16,17). The van der Waals surface area contributed by atoms with Gasteiger partial charge in [-0.1, -0.05) is 0 Å². The summed E-state index contributed by atoms with van der Waals surface area (Å²) in [7, 11) is 0. The molecule has 3 rings (SSSR count). The van der Waals surface area contributed by atoms with E-state index in [4.69, 9.17) is 10.6 Å². The van der Waals surface area contributed by atoms with Gasteiger partial charge >= 0.3 is 0 Å². The fraction of sp³-hybridized carbons (Fsp3) is 0.0833. The van der Waals surface area contributed by atoms with E-state index >= 15 is 0 Å². The minimum Gasteiger partial charge on any atom is -0.436 e. The van der Waals surface area contributed by atoms with Crippen molar-refractivity contribution in [1.29, 1.82) is 0 Å². The van der Waals surface area contributed by atoms with E-state index in [-0.39, 0.29) is 0 Å². The Morgan fingerprint density at radius 2 is 2.21 bits per heavy atom. The van der Waals surface area contributed by atoms with Gasteiger partial charge in [-0.25, -0.2) is 10.8 Å². The van der Waals surface area contributed by atoms with Crippen LogP contribution < -0.4 is 16.0 Å². The van der Waals surface area contributed by atoms with Gasteiger partial charge in [0.25, 0.3) is 0 Å². The second kappa shape index (κ2) is 4.79. The Hall–Kier alpha value is -2.25. The Morgan fingerprint density at radius 1 is 1.32 bits per heavy atom. The number of nitrogens with one attached hydrogen (secondary N) is 1. The van der Waals surface area contributed by atoms with Crippen LogP contribution >= 0.6 is 11.3 Å². The van der Waals surface area contributed by atoms with Crippen molar-refractivity contribution in [3.05, 3.63) is 35.5 Å². The van der Waals surface area contributed by atoms with Crippen molar-refractivity contribution in [3.63, 3.8) is 0 Å². The Labute approximate surface area is 113 Å². The summed E-state index contributed by atoms with van der Waals surface area (Å²) >= 11 is 1.50. The molecule has 3 N–H and O–H groups in total. The molecule has 0 saturated carbocycles. The summed E-state index contributed by atoms with van der Waals surface area (Å²) in [5, 5.41) is 2.79. The highest BCUT2D eigenvalue weighted by Crippen LogP contribution is 2.31. The van der Waals surface area contributed by atoms with Crippen LogP contribution in [0.1, 0.15) is 5.69 Å².